The number of furan rings is 1. The van der Waals surface area contributed by atoms with E-state index in [1.807, 2.05) is 6.92 Å². The minimum Gasteiger partial charge on any atom is -0.466 e. The van der Waals surface area contributed by atoms with Crippen molar-refractivity contribution < 1.29 is 14.3 Å². The Hall–Kier alpha value is -1.62. The molecule has 2 atom stereocenters. The van der Waals surface area contributed by atoms with Crippen LogP contribution in [-0.2, 0) is 10.3 Å². The number of aliphatic imine (C=N–C) groups is 1. The largest absolute Gasteiger partial charge is 0.466 e. The van der Waals surface area contributed by atoms with Crippen LogP contribution in [0.3, 0.4) is 0 Å². The van der Waals surface area contributed by atoms with E-state index in [-0.39, 0.29) is 36.6 Å². The van der Waals surface area contributed by atoms with E-state index in [4.69, 9.17) is 9.15 Å². The second-order valence-corrected chi connectivity index (χ2v) is 7.91. The Morgan fingerprint density at radius 3 is 2.65 bits per heavy atom. The summed E-state index contributed by atoms with van der Waals surface area (Å²) >= 11 is 0. The van der Waals surface area contributed by atoms with Crippen LogP contribution >= 0.6 is 24.0 Å². The molecule has 1 fully saturated rings. The van der Waals surface area contributed by atoms with Crippen LogP contribution in [0.15, 0.2) is 52.1 Å². The normalized spacial score (nSPS) is 18.0. The van der Waals surface area contributed by atoms with Gasteiger partial charge in [-0.05, 0) is 38.5 Å². The molecule has 172 valence electrons. The topological polar surface area (TPSA) is 82.3 Å². The number of hydrogen-bond donors (Lipinski definition) is 3. The summed E-state index contributed by atoms with van der Waals surface area (Å²) in [5.74, 6) is 1.18. The molecule has 0 bridgehead atoms. The number of halogens is 1. The Morgan fingerprint density at radius 1 is 1.23 bits per heavy atom. The van der Waals surface area contributed by atoms with Gasteiger partial charge in [0, 0.05) is 26.2 Å². The first-order valence-electron chi connectivity index (χ1n) is 10.7. The zero-order chi connectivity index (χ0) is 21.4. The van der Waals surface area contributed by atoms with Crippen molar-refractivity contribution in [2.45, 2.75) is 32.4 Å². The maximum absolute atomic E-state index is 10.7. The van der Waals surface area contributed by atoms with E-state index in [0.717, 1.165) is 32.8 Å². The first-order valence-corrected chi connectivity index (χ1v) is 10.7. The molecule has 8 heteroatoms. The third-order valence-corrected chi connectivity index (χ3v) is 5.32. The maximum Gasteiger partial charge on any atom is 0.191 e. The summed E-state index contributed by atoms with van der Waals surface area (Å²) in [5, 5.41) is 17.4. The molecule has 2 unspecified atom stereocenters. The van der Waals surface area contributed by atoms with Gasteiger partial charge in [-0.3, -0.25) is 4.90 Å². The number of rotatable bonds is 8. The predicted octanol–water partition coefficient (Wildman–Crippen LogP) is 3.04. The Bertz CT molecular complexity index is 805. The van der Waals surface area contributed by atoms with Crippen molar-refractivity contribution in [1.82, 2.24) is 15.5 Å². The number of benzene rings is 1. The highest BCUT2D eigenvalue weighted by Crippen LogP contribution is 2.23. The average molecular weight is 542 g/mol. The number of guanidine groups is 1. The van der Waals surface area contributed by atoms with Crippen molar-refractivity contribution in [1.29, 1.82) is 0 Å². The Balaban J connectivity index is 0.00000341. The molecule has 1 aliphatic rings. The Kier molecular flexibility index (Phi) is 10.3. The fraction of sp³-hybridized carbons (Fsp3) is 0.522. The van der Waals surface area contributed by atoms with Crippen molar-refractivity contribution in [3.63, 3.8) is 0 Å². The molecular formula is C23H35IN4O3. The Morgan fingerprint density at radius 2 is 2.00 bits per heavy atom. The molecule has 3 rings (SSSR count). The van der Waals surface area contributed by atoms with Gasteiger partial charge in [-0.1, -0.05) is 29.8 Å². The molecule has 2 aromatic rings. The SMILES string of the molecule is CCNC(=NCC(C)(O)c1ccco1)NCC(c1cccc(C)c1)N1CCOCC1.I. The van der Waals surface area contributed by atoms with Gasteiger partial charge in [0.2, 0.25) is 0 Å². The standard InChI is InChI=1S/C23H34N4O3.HI/c1-4-24-22(26-17-23(3,28)21-9-6-12-30-21)25-16-20(27-10-13-29-14-11-27)19-8-5-7-18(2)15-19;/h5-9,12,15,20,28H,4,10-11,13-14,16-17H2,1-3H3,(H2,24,25,26);1H. The molecule has 7 nitrogen and oxygen atoms in total. The number of aryl methyl sites for hydroxylation is 1. The van der Waals surface area contributed by atoms with E-state index in [1.165, 1.54) is 11.1 Å². The average Bonchev–Trinajstić information content (AvgIpc) is 3.29. The van der Waals surface area contributed by atoms with E-state index in [0.29, 0.717) is 18.3 Å². The molecule has 1 aliphatic heterocycles. The van der Waals surface area contributed by atoms with Crippen LogP contribution in [0.4, 0.5) is 0 Å². The number of hydrogen-bond acceptors (Lipinski definition) is 5. The van der Waals surface area contributed by atoms with E-state index in [1.54, 1.807) is 25.3 Å². The van der Waals surface area contributed by atoms with Crippen molar-refractivity contribution in [2.75, 3.05) is 45.9 Å². The Labute approximate surface area is 202 Å². The molecule has 31 heavy (non-hydrogen) atoms. The van der Waals surface area contributed by atoms with Gasteiger partial charge < -0.3 is 24.9 Å². The van der Waals surface area contributed by atoms with Crippen LogP contribution in [0, 0.1) is 6.92 Å². The summed E-state index contributed by atoms with van der Waals surface area (Å²) in [4.78, 5) is 7.06. The van der Waals surface area contributed by atoms with Gasteiger partial charge in [0.05, 0.1) is 32.1 Å². The predicted molar refractivity (Wildman–Crippen MR) is 134 cm³/mol. The third-order valence-electron chi connectivity index (χ3n) is 5.32. The smallest absolute Gasteiger partial charge is 0.191 e. The van der Waals surface area contributed by atoms with Crippen LogP contribution in [0.2, 0.25) is 0 Å². The van der Waals surface area contributed by atoms with Crippen LogP contribution in [0.1, 0.15) is 36.8 Å². The van der Waals surface area contributed by atoms with Crippen molar-refractivity contribution in [2.24, 2.45) is 4.99 Å². The lowest BCUT2D eigenvalue weighted by atomic mass is 10.0. The van der Waals surface area contributed by atoms with Crippen molar-refractivity contribution in [3.8, 4) is 0 Å². The summed E-state index contributed by atoms with van der Waals surface area (Å²) in [6.07, 6.45) is 1.56. The maximum atomic E-state index is 10.7. The molecule has 1 aromatic carbocycles. The van der Waals surface area contributed by atoms with Gasteiger partial charge >= 0.3 is 0 Å². The molecule has 1 aromatic heterocycles. The summed E-state index contributed by atoms with van der Waals surface area (Å²) in [7, 11) is 0. The molecule has 2 heterocycles. The first kappa shape index (κ1) is 25.6. The van der Waals surface area contributed by atoms with E-state index in [2.05, 4.69) is 51.7 Å². The highest BCUT2D eigenvalue weighted by molar-refractivity contribution is 14.0. The number of nitrogens with zero attached hydrogens (tertiary/aromatic N) is 2. The fourth-order valence-corrected chi connectivity index (χ4v) is 3.66. The number of ether oxygens (including phenoxy) is 1. The van der Waals surface area contributed by atoms with Crippen LogP contribution < -0.4 is 10.6 Å². The quantitative estimate of drug-likeness (QED) is 0.271. The fourth-order valence-electron chi connectivity index (χ4n) is 3.66. The van der Waals surface area contributed by atoms with E-state index < -0.39 is 5.60 Å². The lowest BCUT2D eigenvalue weighted by molar-refractivity contribution is 0.0169. The number of nitrogens with one attached hydrogen (secondary N) is 2. The lowest BCUT2D eigenvalue weighted by Gasteiger charge is -2.35. The molecule has 3 N–H and O–H groups in total. The van der Waals surface area contributed by atoms with Gasteiger partial charge in [-0.2, -0.15) is 0 Å². The summed E-state index contributed by atoms with van der Waals surface area (Å²) in [6.45, 7) is 10.8. The number of aliphatic hydroxyl groups is 1. The summed E-state index contributed by atoms with van der Waals surface area (Å²) in [6, 6.07) is 12.4. The second-order valence-electron chi connectivity index (χ2n) is 7.91. The molecule has 0 saturated carbocycles. The summed E-state index contributed by atoms with van der Waals surface area (Å²) in [5.41, 5.74) is 1.37. The molecule has 0 radical (unpaired) electrons. The first-order chi connectivity index (χ1) is 14.5. The monoisotopic (exact) mass is 542 g/mol. The number of morpholine rings is 1. The van der Waals surface area contributed by atoms with Gasteiger partial charge in [0.15, 0.2) is 5.96 Å². The van der Waals surface area contributed by atoms with Gasteiger partial charge in [0.25, 0.3) is 0 Å². The van der Waals surface area contributed by atoms with Gasteiger partial charge in [0.1, 0.15) is 11.4 Å². The molecule has 0 aliphatic carbocycles. The van der Waals surface area contributed by atoms with E-state index in [9.17, 15) is 5.11 Å². The second kappa shape index (κ2) is 12.4. The van der Waals surface area contributed by atoms with Gasteiger partial charge in [-0.25, -0.2) is 4.99 Å². The molecule has 0 amide bonds. The molecule has 0 spiro atoms. The van der Waals surface area contributed by atoms with Crippen LogP contribution in [0.5, 0.6) is 0 Å². The zero-order valence-electron chi connectivity index (χ0n) is 18.6. The summed E-state index contributed by atoms with van der Waals surface area (Å²) < 4.78 is 10.9. The highest BCUT2D eigenvalue weighted by atomic mass is 127. The van der Waals surface area contributed by atoms with Crippen LogP contribution in [-0.4, -0.2) is 61.9 Å². The minimum absolute atomic E-state index is 0. The van der Waals surface area contributed by atoms with Crippen LogP contribution in [0.25, 0.3) is 0 Å². The molecular weight excluding hydrogens is 507 g/mol. The highest BCUT2D eigenvalue weighted by Gasteiger charge is 2.27. The van der Waals surface area contributed by atoms with Crippen molar-refractivity contribution >= 4 is 29.9 Å². The van der Waals surface area contributed by atoms with Crippen molar-refractivity contribution in [3.05, 3.63) is 59.5 Å². The lowest BCUT2D eigenvalue weighted by Crippen LogP contribution is -2.46. The van der Waals surface area contributed by atoms with E-state index >= 15 is 0 Å². The third kappa shape index (κ3) is 7.48. The minimum atomic E-state index is -1.16. The zero-order valence-corrected chi connectivity index (χ0v) is 21.0. The van der Waals surface area contributed by atoms with Gasteiger partial charge in [-0.15, -0.1) is 24.0 Å². The molecule has 1 saturated heterocycles.